The van der Waals surface area contributed by atoms with Crippen molar-refractivity contribution in [2.24, 2.45) is 4.99 Å². The van der Waals surface area contributed by atoms with E-state index in [0.717, 1.165) is 40.0 Å². The molecule has 0 N–H and O–H groups in total. The third-order valence-corrected chi connectivity index (χ3v) is 10.3. The van der Waals surface area contributed by atoms with Gasteiger partial charge in [0.1, 0.15) is 29.5 Å². The molecular formula is C44H46N4O2. The summed E-state index contributed by atoms with van der Waals surface area (Å²) in [7, 11) is 0. The summed E-state index contributed by atoms with van der Waals surface area (Å²) < 4.78 is 15.2. The fourth-order valence-corrected chi connectivity index (χ4v) is 7.28. The number of fused-ring (bicyclic) bond motifs is 6. The van der Waals surface area contributed by atoms with Gasteiger partial charge in [0.15, 0.2) is 0 Å². The maximum absolute atomic E-state index is 6.52. The van der Waals surface area contributed by atoms with Crippen LogP contribution >= 0.6 is 0 Å². The third kappa shape index (κ3) is 5.65. The van der Waals surface area contributed by atoms with Crippen LogP contribution in [0.25, 0.3) is 27.6 Å². The highest BCUT2D eigenvalue weighted by molar-refractivity contribution is 6.09. The van der Waals surface area contributed by atoms with Gasteiger partial charge in [-0.15, -0.1) is 0 Å². The number of benzene rings is 3. The third-order valence-electron chi connectivity index (χ3n) is 10.3. The Morgan fingerprint density at radius 2 is 1.40 bits per heavy atom. The minimum Gasteiger partial charge on any atom is -0.471 e. The lowest BCUT2D eigenvalue weighted by molar-refractivity contribution is 0.206. The monoisotopic (exact) mass is 662 g/mol. The van der Waals surface area contributed by atoms with Crippen LogP contribution in [-0.2, 0) is 27.4 Å². The van der Waals surface area contributed by atoms with E-state index in [2.05, 4.69) is 133 Å². The first-order valence-electron chi connectivity index (χ1n) is 17.7. The van der Waals surface area contributed by atoms with E-state index in [-0.39, 0.29) is 28.4 Å². The number of hydrogen-bond donors (Lipinski definition) is 0. The van der Waals surface area contributed by atoms with Gasteiger partial charge >= 0.3 is 0 Å². The summed E-state index contributed by atoms with van der Waals surface area (Å²) in [5.41, 5.74) is 9.58. The number of nitrogens with zero attached hydrogens (tertiary/aromatic N) is 4. The van der Waals surface area contributed by atoms with Crippen molar-refractivity contribution in [1.82, 2.24) is 14.5 Å². The van der Waals surface area contributed by atoms with Gasteiger partial charge in [0.2, 0.25) is 5.90 Å². The molecule has 254 valence electrons. The molecule has 0 saturated heterocycles. The minimum atomic E-state index is -0.00665. The van der Waals surface area contributed by atoms with E-state index in [1.807, 2.05) is 18.3 Å². The highest BCUT2D eigenvalue weighted by Crippen LogP contribution is 2.43. The van der Waals surface area contributed by atoms with Gasteiger partial charge in [-0.2, -0.15) is 0 Å². The van der Waals surface area contributed by atoms with Crippen LogP contribution in [0, 0.1) is 0 Å². The Kier molecular flexibility index (Phi) is 7.27. The van der Waals surface area contributed by atoms with Crippen LogP contribution in [0.2, 0.25) is 0 Å². The lowest BCUT2D eigenvalue weighted by Crippen LogP contribution is -2.14. The summed E-state index contributed by atoms with van der Waals surface area (Å²) in [6.07, 6.45) is 6.33. The number of aliphatic imine (C=N–C) groups is 1. The van der Waals surface area contributed by atoms with E-state index < -0.39 is 0 Å². The van der Waals surface area contributed by atoms with Gasteiger partial charge in [-0.3, -0.25) is 9.55 Å². The van der Waals surface area contributed by atoms with Gasteiger partial charge in [-0.25, -0.2) is 9.98 Å². The fraction of sp³-hybridized carbons (Fsp3) is 0.341. The van der Waals surface area contributed by atoms with E-state index in [4.69, 9.17) is 19.5 Å². The Balaban J connectivity index is 1.15. The summed E-state index contributed by atoms with van der Waals surface area (Å²) in [6, 6.07) is 26.2. The van der Waals surface area contributed by atoms with E-state index in [0.29, 0.717) is 11.6 Å². The lowest BCUT2D eigenvalue weighted by atomic mass is 9.85. The van der Waals surface area contributed by atoms with Crippen molar-refractivity contribution >= 4 is 27.7 Å². The summed E-state index contributed by atoms with van der Waals surface area (Å²) in [5, 5.41) is 2.35. The molecule has 0 spiro atoms. The molecule has 6 heteroatoms. The van der Waals surface area contributed by atoms with Gasteiger partial charge < -0.3 is 9.47 Å². The highest BCUT2D eigenvalue weighted by atomic mass is 16.5. The molecule has 0 saturated carbocycles. The molecule has 50 heavy (non-hydrogen) atoms. The second kappa shape index (κ2) is 11.3. The molecule has 1 aliphatic carbocycles. The van der Waals surface area contributed by atoms with Gasteiger partial charge in [0.25, 0.3) is 0 Å². The van der Waals surface area contributed by atoms with E-state index in [1.165, 1.54) is 33.2 Å². The molecule has 2 atom stereocenters. The van der Waals surface area contributed by atoms with Crippen molar-refractivity contribution in [3.8, 4) is 17.3 Å². The van der Waals surface area contributed by atoms with Gasteiger partial charge in [0, 0.05) is 35.7 Å². The summed E-state index contributed by atoms with van der Waals surface area (Å²) in [6.45, 7) is 20.2. The van der Waals surface area contributed by atoms with Crippen molar-refractivity contribution in [2.45, 2.75) is 97.1 Å². The minimum absolute atomic E-state index is 0.00659. The van der Waals surface area contributed by atoms with Crippen LogP contribution in [0.3, 0.4) is 0 Å². The van der Waals surface area contributed by atoms with E-state index in [9.17, 15) is 0 Å². The van der Waals surface area contributed by atoms with Gasteiger partial charge in [-0.1, -0.05) is 86.6 Å². The first-order valence-corrected chi connectivity index (χ1v) is 17.7. The first-order chi connectivity index (χ1) is 23.6. The largest absolute Gasteiger partial charge is 0.471 e. The summed E-state index contributed by atoms with van der Waals surface area (Å²) in [4.78, 5) is 14.5. The quantitative estimate of drug-likeness (QED) is 0.188. The number of rotatable bonds is 4. The molecule has 1 aliphatic heterocycles. The zero-order valence-corrected chi connectivity index (χ0v) is 30.6. The Morgan fingerprint density at radius 1 is 0.680 bits per heavy atom. The number of pyridine rings is 2. The molecule has 6 aromatic rings. The molecule has 4 heterocycles. The van der Waals surface area contributed by atoms with Crippen LogP contribution in [0.4, 0.5) is 0 Å². The van der Waals surface area contributed by atoms with Crippen molar-refractivity contribution < 1.29 is 9.47 Å². The van der Waals surface area contributed by atoms with Crippen LogP contribution in [0.5, 0.6) is 11.5 Å². The SMILES string of the molecule is CC(C)(C)c1ccnc(-n2c3ccc(C(C)(C)C)cc3c3ccc(Oc4cncc(C5=N[C@@H]6c7ccc(C(C)(C)C)cc7C[C@@H]6O5)c4)cc32)c1. The molecule has 3 aromatic carbocycles. The second-order valence-corrected chi connectivity index (χ2v) is 17.1. The molecule has 0 amide bonds. The van der Waals surface area contributed by atoms with Crippen LogP contribution in [-0.4, -0.2) is 26.5 Å². The van der Waals surface area contributed by atoms with Crippen molar-refractivity contribution in [3.63, 3.8) is 0 Å². The standard InChI is InChI=1S/C44H46N4O2/c1-42(2,3)28-10-13-33-26(18-28)20-38-40(33)47-41(50-38)27-19-32(25-45-24-27)49-31-12-14-34-35-21-29(43(4,5)6)11-15-36(35)48(37(34)23-31)39-22-30(16-17-46-39)44(7,8)9/h10-19,21-25,38,40H,20H2,1-9H3/t38-,40+/m0/s1. The Morgan fingerprint density at radius 3 is 2.16 bits per heavy atom. The van der Waals surface area contributed by atoms with E-state index >= 15 is 0 Å². The molecule has 0 fully saturated rings. The normalized spacial score (nSPS) is 17.5. The van der Waals surface area contributed by atoms with Gasteiger partial charge in [0.05, 0.1) is 22.8 Å². The smallest absolute Gasteiger partial charge is 0.218 e. The number of aromatic nitrogens is 3. The first kappa shape index (κ1) is 32.2. The predicted octanol–water partition coefficient (Wildman–Crippen LogP) is 10.7. The Labute approximate surface area is 295 Å². The highest BCUT2D eigenvalue weighted by Gasteiger charge is 2.40. The number of hydrogen-bond acceptors (Lipinski definition) is 5. The van der Waals surface area contributed by atoms with Crippen LogP contribution in [0.15, 0.2) is 96.4 Å². The molecule has 0 bridgehead atoms. The van der Waals surface area contributed by atoms with Crippen LogP contribution in [0.1, 0.15) is 102 Å². The van der Waals surface area contributed by atoms with Crippen molar-refractivity contribution in [1.29, 1.82) is 0 Å². The average Bonchev–Trinajstić information content (AvgIpc) is 3.72. The molecule has 0 unspecified atom stereocenters. The lowest BCUT2D eigenvalue weighted by Gasteiger charge is -2.20. The topological polar surface area (TPSA) is 61.5 Å². The van der Waals surface area contributed by atoms with Gasteiger partial charge in [-0.05, 0) is 86.5 Å². The maximum atomic E-state index is 6.52. The second-order valence-electron chi connectivity index (χ2n) is 17.1. The molecule has 6 nitrogen and oxygen atoms in total. The zero-order valence-electron chi connectivity index (χ0n) is 30.6. The maximum Gasteiger partial charge on any atom is 0.218 e. The molecule has 2 aliphatic rings. The zero-order chi connectivity index (χ0) is 35.2. The molecule has 0 radical (unpaired) electrons. The molecule has 3 aromatic heterocycles. The summed E-state index contributed by atoms with van der Waals surface area (Å²) >= 11 is 0. The van der Waals surface area contributed by atoms with Crippen molar-refractivity contribution in [3.05, 3.63) is 125 Å². The Hall–Kier alpha value is -4.97. The predicted molar refractivity (Wildman–Crippen MR) is 203 cm³/mol. The summed E-state index contributed by atoms with van der Waals surface area (Å²) in [5.74, 6) is 2.86. The van der Waals surface area contributed by atoms with Crippen molar-refractivity contribution in [2.75, 3.05) is 0 Å². The fourth-order valence-electron chi connectivity index (χ4n) is 7.28. The molecule has 8 rings (SSSR count). The average molecular weight is 663 g/mol. The Bertz CT molecular complexity index is 2330. The number of ether oxygens (including phenoxy) is 2. The van der Waals surface area contributed by atoms with Crippen LogP contribution < -0.4 is 4.74 Å². The van der Waals surface area contributed by atoms with E-state index in [1.54, 1.807) is 12.4 Å². The molecular weight excluding hydrogens is 617 g/mol.